The molecular formula is C9H19NS. The van der Waals surface area contributed by atoms with Gasteiger partial charge in [0.15, 0.2) is 0 Å². The maximum Gasteiger partial charge on any atom is 0.0191 e. The van der Waals surface area contributed by atoms with Crippen molar-refractivity contribution in [1.29, 1.82) is 0 Å². The van der Waals surface area contributed by atoms with E-state index in [1.165, 1.54) is 31.6 Å². The zero-order valence-corrected chi connectivity index (χ0v) is 8.41. The molecule has 1 aliphatic rings. The van der Waals surface area contributed by atoms with Crippen molar-refractivity contribution < 1.29 is 0 Å². The Labute approximate surface area is 74.3 Å². The van der Waals surface area contributed by atoms with Crippen LogP contribution in [0.1, 0.15) is 33.1 Å². The van der Waals surface area contributed by atoms with Gasteiger partial charge >= 0.3 is 0 Å². The van der Waals surface area contributed by atoms with Crippen molar-refractivity contribution in [2.75, 3.05) is 12.3 Å². The first kappa shape index (κ1) is 9.40. The molecule has 1 fully saturated rings. The van der Waals surface area contributed by atoms with Crippen molar-refractivity contribution in [2.24, 2.45) is 0 Å². The summed E-state index contributed by atoms with van der Waals surface area (Å²) < 4.78 is 0. The van der Waals surface area contributed by atoms with E-state index in [1.54, 1.807) is 0 Å². The van der Waals surface area contributed by atoms with Crippen LogP contribution in [-0.2, 0) is 0 Å². The second kappa shape index (κ2) is 5.04. The van der Waals surface area contributed by atoms with Crippen LogP contribution in [0.4, 0.5) is 0 Å². The molecule has 1 rings (SSSR count). The second-order valence-electron chi connectivity index (χ2n) is 3.28. The third-order valence-corrected chi connectivity index (χ3v) is 3.64. The van der Waals surface area contributed by atoms with Gasteiger partial charge in [-0.2, -0.15) is 11.8 Å². The summed E-state index contributed by atoms with van der Waals surface area (Å²) >= 11 is 2.10. The summed E-state index contributed by atoms with van der Waals surface area (Å²) in [5.41, 5.74) is 0. The fourth-order valence-corrected chi connectivity index (χ4v) is 2.69. The van der Waals surface area contributed by atoms with Crippen molar-refractivity contribution in [3.8, 4) is 0 Å². The quantitative estimate of drug-likeness (QED) is 0.655. The van der Waals surface area contributed by atoms with E-state index in [9.17, 15) is 0 Å². The van der Waals surface area contributed by atoms with Crippen molar-refractivity contribution in [1.82, 2.24) is 5.32 Å². The van der Waals surface area contributed by atoms with Crippen LogP contribution in [0.15, 0.2) is 0 Å². The summed E-state index contributed by atoms with van der Waals surface area (Å²) in [5, 5.41) is 4.45. The number of rotatable bonds is 4. The third-order valence-electron chi connectivity index (χ3n) is 2.31. The molecule has 0 aromatic rings. The summed E-state index contributed by atoms with van der Waals surface area (Å²) in [6.07, 6.45) is 4.00. The Morgan fingerprint density at radius 1 is 1.55 bits per heavy atom. The van der Waals surface area contributed by atoms with Gasteiger partial charge in [-0.25, -0.2) is 0 Å². The molecule has 0 bridgehead atoms. The Hall–Kier alpha value is 0.310. The number of hydrogen-bond donors (Lipinski definition) is 1. The van der Waals surface area contributed by atoms with Crippen LogP contribution >= 0.6 is 11.8 Å². The molecule has 1 aliphatic heterocycles. The lowest BCUT2D eigenvalue weighted by Crippen LogP contribution is -2.33. The van der Waals surface area contributed by atoms with Gasteiger partial charge in [-0.05, 0) is 25.1 Å². The summed E-state index contributed by atoms with van der Waals surface area (Å²) in [5.74, 6) is 1.35. The number of nitrogens with one attached hydrogen (secondary N) is 1. The summed E-state index contributed by atoms with van der Waals surface area (Å²) in [4.78, 5) is 0. The Balaban J connectivity index is 2.05. The van der Waals surface area contributed by atoms with E-state index in [0.29, 0.717) is 0 Å². The summed E-state index contributed by atoms with van der Waals surface area (Å²) in [6, 6.07) is 0.798. The van der Waals surface area contributed by atoms with E-state index in [4.69, 9.17) is 0 Å². The SMILES string of the molecule is CCCCNC1CCSC1C. The molecule has 0 aromatic carbocycles. The molecule has 1 N–H and O–H groups in total. The molecular weight excluding hydrogens is 154 g/mol. The predicted molar refractivity (Wildman–Crippen MR) is 53.2 cm³/mol. The van der Waals surface area contributed by atoms with Crippen molar-refractivity contribution in [3.63, 3.8) is 0 Å². The van der Waals surface area contributed by atoms with Gasteiger partial charge in [0.05, 0.1) is 0 Å². The third kappa shape index (κ3) is 3.04. The Morgan fingerprint density at radius 2 is 2.36 bits per heavy atom. The van der Waals surface area contributed by atoms with Gasteiger partial charge < -0.3 is 5.32 Å². The lowest BCUT2D eigenvalue weighted by atomic mass is 10.1. The van der Waals surface area contributed by atoms with Crippen LogP contribution in [0.5, 0.6) is 0 Å². The average molecular weight is 173 g/mol. The zero-order chi connectivity index (χ0) is 8.10. The van der Waals surface area contributed by atoms with Gasteiger partial charge in [0.2, 0.25) is 0 Å². The molecule has 0 radical (unpaired) electrons. The highest BCUT2D eigenvalue weighted by atomic mass is 32.2. The number of hydrogen-bond acceptors (Lipinski definition) is 2. The van der Waals surface area contributed by atoms with E-state index in [2.05, 4.69) is 30.9 Å². The van der Waals surface area contributed by atoms with Crippen molar-refractivity contribution in [2.45, 2.75) is 44.4 Å². The van der Waals surface area contributed by atoms with Gasteiger partial charge in [-0.3, -0.25) is 0 Å². The molecule has 0 spiro atoms. The summed E-state index contributed by atoms with van der Waals surface area (Å²) in [6.45, 7) is 5.79. The Kier molecular flexibility index (Phi) is 4.31. The van der Waals surface area contributed by atoms with E-state index in [1.807, 2.05) is 0 Å². The maximum atomic E-state index is 3.61. The average Bonchev–Trinajstić information content (AvgIpc) is 2.37. The van der Waals surface area contributed by atoms with E-state index in [0.717, 1.165) is 11.3 Å². The van der Waals surface area contributed by atoms with Crippen LogP contribution in [0, 0.1) is 0 Å². The normalized spacial score (nSPS) is 31.1. The lowest BCUT2D eigenvalue weighted by Gasteiger charge is -2.15. The fraction of sp³-hybridized carbons (Fsp3) is 1.00. The van der Waals surface area contributed by atoms with Crippen LogP contribution in [0.25, 0.3) is 0 Å². The molecule has 1 nitrogen and oxygen atoms in total. The van der Waals surface area contributed by atoms with Gasteiger partial charge in [0.1, 0.15) is 0 Å². The molecule has 2 unspecified atom stereocenters. The smallest absolute Gasteiger partial charge is 0.0191 e. The van der Waals surface area contributed by atoms with Gasteiger partial charge in [0, 0.05) is 11.3 Å². The van der Waals surface area contributed by atoms with E-state index >= 15 is 0 Å². The standard InChI is InChI=1S/C9H19NS/c1-3-4-6-10-9-5-7-11-8(9)2/h8-10H,3-7H2,1-2H3. The minimum absolute atomic E-state index is 0.798. The molecule has 0 aromatic heterocycles. The van der Waals surface area contributed by atoms with Crippen LogP contribution < -0.4 is 5.32 Å². The van der Waals surface area contributed by atoms with E-state index < -0.39 is 0 Å². The fourth-order valence-electron chi connectivity index (χ4n) is 1.46. The minimum Gasteiger partial charge on any atom is -0.313 e. The lowest BCUT2D eigenvalue weighted by molar-refractivity contribution is 0.503. The van der Waals surface area contributed by atoms with Crippen molar-refractivity contribution in [3.05, 3.63) is 0 Å². The van der Waals surface area contributed by atoms with Crippen LogP contribution in [-0.4, -0.2) is 23.6 Å². The zero-order valence-electron chi connectivity index (χ0n) is 7.60. The summed E-state index contributed by atoms with van der Waals surface area (Å²) in [7, 11) is 0. The molecule has 11 heavy (non-hydrogen) atoms. The van der Waals surface area contributed by atoms with E-state index in [-0.39, 0.29) is 0 Å². The molecule has 2 atom stereocenters. The first-order valence-electron chi connectivity index (χ1n) is 4.69. The minimum atomic E-state index is 0.798. The first-order chi connectivity index (χ1) is 5.34. The Morgan fingerprint density at radius 3 is 2.91 bits per heavy atom. The molecule has 0 aliphatic carbocycles. The predicted octanol–water partition coefficient (Wildman–Crippen LogP) is 2.27. The van der Waals surface area contributed by atoms with Crippen LogP contribution in [0.2, 0.25) is 0 Å². The highest BCUT2D eigenvalue weighted by molar-refractivity contribution is 8.00. The highest BCUT2D eigenvalue weighted by Crippen LogP contribution is 2.25. The molecule has 1 saturated heterocycles. The van der Waals surface area contributed by atoms with Crippen molar-refractivity contribution >= 4 is 11.8 Å². The Bertz CT molecular complexity index is 106. The largest absolute Gasteiger partial charge is 0.313 e. The van der Waals surface area contributed by atoms with Gasteiger partial charge in [0.25, 0.3) is 0 Å². The molecule has 1 heterocycles. The second-order valence-corrected chi connectivity index (χ2v) is 4.76. The maximum absolute atomic E-state index is 3.61. The molecule has 2 heteroatoms. The van der Waals surface area contributed by atoms with Crippen LogP contribution in [0.3, 0.4) is 0 Å². The number of unbranched alkanes of at least 4 members (excludes halogenated alkanes) is 1. The molecule has 66 valence electrons. The topological polar surface area (TPSA) is 12.0 Å². The van der Waals surface area contributed by atoms with Gasteiger partial charge in [-0.1, -0.05) is 20.3 Å². The monoisotopic (exact) mass is 173 g/mol. The first-order valence-corrected chi connectivity index (χ1v) is 5.74. The molecule has 0 saturated carbocycles. The highest BCUT2D eigenvalue weighted by Gasteiger charge is 2.22. The number of thioether (sulfide) groups is 1. The van der Waals surface area contributed by atoms with Gasteiger partial charge in [-0.15, -0.1) is 0 Å². The molecule has 0 amide bonds.